The molecule has 4 rings (SSSR count). The molecule has 4 nitrogen and oxygen atoms in total. The van der Waals surface area contributed by atoms with E-state index >= 15 is 0 Å². The molecule has 1 heterocycles. The number of hydrogen-bond donors (Lipinski definition) is 0. The van der Waals surface area contributed by atoms with Crippen molar-refractivity contribution in [2.75, 3.05) is 6.26 Å². The Hall–Kier alpha value is -3.25. The standard InChI is InChI=1S/C23H18FNO3S/c1-15-5-3-8-22-21(9-10-25-23(15)22)16-6-4-7-18(11-16)28-19-12-17(24)13-20(14-19)29(2,26)27/h3-14H,1-2H3. The first-order chi connectivity index (χ1) is 13.8. The van der Waals surface area contributed by atoms with Crippen LogP contribution in [0.3, 0.4) is 0 Å². The summed E-state index contributed by atoms with van der Waals surface area (Å²) in [4.78, 5) is 4.34. The van der Waals surface area contributed by atoms with Crippen molar-refractivity contribution in [2.45, 2.75) is 11.8 Å². The highest BCUT2D eigenvalue weighted by molar-refractivity contribution is 7.90. The fraction of sp³-hybridized carbons (Fsp3) is 0.0870. The molecule has 0 fully saturated rings. The number of rotatable bonds is 4. The molecule has 0 radical (unpaired) electrons. The average molecular weight is 407 g/mol. The zero-order valence-electron chi connectivity index (χ0n) is 15.9. The number of nitrogens with zero attached hydrogens (tertiary/aromatic N) is 1. The third-order valence-corrected chi connectivity index (χ3v) is 5.72. The van der Waals surface area contributed by atoms with Crippen molar-refractivity contribution in [3.63, 3.8) is 0 Å². The van der Waals surface area contributed by atoms with E-state index < -0.39 is 15.7 Å². The molecule has 146 valence electrons. The van der Waals surface area contributed by atoms with Crippen LogP contribution in [0.2, 0.25) is 0 Å². The summed E-state index contributed by atoms with van der Waals surface area (Å²) in [6, 6.07) is 18.8. The van der Waals surface area contributed by atoms with Gasteiger partial charge in [-0.2, -0.15) is 0 Å². The third kappa shape index (κ3) is 3.98. The van der Waals surface area contributed by atoms with E-state index in [0.29, 0.717) is 5.75 Å². The summed E-state index contributed by atoms with van der Waals surface area (Å²) >= 11 is 0. The van der Waals surface area contributed by atoms with Crippen LogP contribution < -0.4 is 4.74 Å². The summed E-state index contributed by atoms with van der Waals surface area (Å²) in [6.07, 6.45) is 2.80. The van der Waals surface area contributed by atoms with E-state index in [0.717, 1.165) is 46.0 Å². The second kappa shape index (κ2) is 7.29. The van der Waals surface area contributed by atoms with Gasteiger partial charge in [0.1, 0.15) is 17.3 Å². The molecule has 1 aromatic heterocycles. The van der Waals surface area contributed by atoms with E-state index in [1.165, 1.54) is 6.07 Å². The van der Waals surface area contributed by atoms with Crippen LogP contribution in [0, 0.1) is 12.7 Å². The molecule has 29 heavy (non-hydrogen) atoms. The maximum absolute atomic E-state index is 13.9. The Morgan fingerprint density at radius 3 is 2.52 bits per heavy atom. The predicted molar refractivity (Wildman–Crippen MR) is 111 cm³/mol. The smallest absolute Gasteiger partial charge is 0.175 e. The van der Waals surface area contributed by atoms with E-state index in [9.17, 15) is 12.8 Å². The normalized spacial score (nSPS) is 11.6. The maximum Gasteiger partial charge on any atom is 0.175 e. The fourth-order valence-electron chi connectivity index (χ4n) is 3.25. The predicted octanol–water partition coefficient (Wildman–Crippen LogP) is 5.55. The monoisotopic (exact) mass is 407 g/mol. The van der Waals surface area contributed by atoms with Crippen molar-refractivity contribution >= 4 is 20.7 Å². The molecule has 0 saturated heterocycles. The van der Waals surface area contributed by atoms with Crippen molar-refractivity contribution in [2.24, 2.45) is 0 Å². The van der Waals surface area contributed by atoms with Crippen molar-refractivity contribution in [1.82, 2.24) is 4.98 Å². The fourth-order valence-corrected chi connectivity index (χ4v) is 3.91. The molecule has 0 aliphatic heterocycles. The number of pyridine rings is 1. The molecule has 0 aliphatic rings. The molecule has 0 saturated carbocycles. The molecular formula is C23H18FNO3S. The number of para-hydroxylation sites is 1. The van der Waals surface area contributed by atoms with Gasteiger partial charge in [-0.05, 0) is 53.9 Å². The lowest BCUT2D eigenvalue weighted by Crippen LogP contribution is -1.98. The second-order valence-electron chi connectivity index (χ2n) is 6.85. The number of hydrogen-bond acceptors (Lipinski definition) is 4. The molecule has 0 unspecified atom stereocenters. The summed E-state index contributed by atoms with van der Waals surface area (Å²) in [7, 11) is -3.55. The molecule has 0 amide bonds. The Morgan fingerprint density at radius 1 is 0.931 bits per heavy atom. The molecular weight excluding hydrogens is 389 g/mol. The summed E-state index contributed by atoms with van der Waals surface area (Å²) in [6.45, 7) is 2.02. The van der Waals surface area contributed by atoms with Crippen molar-refractivity contribution in [3.8, 4) is 22.6 Å². The number of aryl methyl sites for hydroxylation is 1. The van der Waals surface area contributed by atoms with Crippen LogP contribution in [-0.4, -0.2) is 19.7 Å². The van der Waals surface area contributed by atoms with E-state index in [1.807, 2.05) is 49.4 Å². The quantitative estimate of drug-likeness (QED) is 0.445. The van der Waals surface area contributed by atoms with Gasteiger partial charge in [0.15, 0.2) is 9.84 Å². The van der Waals surface area contributed by atoms with Gasteiger partial charge < -0.3 is 4.74 Å². The number of ether oxygens (including phenoxy) is 1. The van der Waals surface area contributed by atoms with Gasteiger partial charge in [-0.15, -0.1) is 0 Å². The summed E-state index contributed by atoms with van der Waals surface area (Å²) in [5, 5.41) is 1.02. The van der Waals surface area contributed by atoms with Crippen molar-refractivity contribution < 1.29 is 17.5 Å². The Kier molecular flexibility index (Phi) is 4.80. The third-order valence-electron chi connectivity index (χ3n) is 4.63. The molecule has 6 heteroatoms. The number of halogens is 1. The molecule has 0 bridgehead atoms. The first kappa shape index (κ1) is 19.1. The molecule has 0 N–H and O–H groups in total. The Labute approximate surface area is 168 Å². The van der Waals surface area contributed by atoms with Crippen LogP contribution in [0.15, 0.2) is 77.8 Å². The highest BCUT2D eigenvalue weighted by atomic mass is 32.2. The van der Waals surface area contributed by atoms with Gasteiger partial charge in [-0.3, -0.25) is 4.98 Å². The van der Waals surface area contributed by atoms with E-state index in [2.05, 4.69) is 4.98 Å². The lowest BCUT2D eigenvalue weighted by molar-refractivity contribution is 0.474. The molecule has 0 aliphatic carbocycles. The van der Waals surface area contributed by atoms with Gasteiger partial charge in [0.2, 0.25) is 0 Å². The first-order valence-corrected chi connectivity index (χ1v) is 10.8. The zero-order valence-corrected chi connectivity index (χ0v) is 16.7. The van der Waals surface area contributed by atoms with E-state index in [-0.39, 0.29) is 10.6 Å². The Balaban J connectivity index is 1.75. The molecule has 4 aromatic rings. The van der Waals surface area contributed by atoms with Crippen LogP contribution in [0.5, 0.6) is 11.5 Å². The maximum atomic E-state index is 13.9. The Morgan fingerprint density at radius 2 is 1.72 bits per heavy atom. The SMILES string of the molecule is Cc1cccc2c(-c3cccc(Oc4cc(F)cc(S(C)(=O)=O)c4)c3)ccnc12. The van der Waals surface area contributed by atoms with Gasteiger partial charge in [0, 0.05) is 23.9 Å². The topological polar surface area (TPSA) is 56.3 Å². The number of fused-ring (bicyclic) bond motifs is 1. The van der Waals surface area contributed by atoms with Crippen LogP contribution in [0.1, 0.15) is 5.56 Å². The molecule has 3 aromatic carbocycles. The molecule has 0 spiro atoms. The summed E-state index contributed by atoms with van der Waals surface area (Å²) < 4.78 is 43.1. The number of aromatic nitrogens is 1. The Bertz CT molecular complexity index is 1330. The minimum atomic E-state index is -3.55. The lowest BCUT2D eigenvalue weighted by Gasteiger charge is -2.11. The van der Waals surface area contributed by atoms with Gasteiger partial charge in [-0.25, -0.2) is 12.8 Å². The van der Waals surface area contributed by atoms with Crippen molar-refractivity contribution in [1.29, 1.82) is 0 Å². The van der Waals surface area contributed by atoms with Crippen molar-refractivity contribution in [3.05, 3.63) is 84.3 Å². The van der Waals surface area contributed by atoms with Crippen LogP contribution in [-0.2, 0) is 9.84 Å². The summed E-state index contributed by atoms with van der Waals surface area (Å²) in [5.41, 5.74) is 3.93. The van der Waals surface area contributed by atoms with Crippen LogP contribution in [0.25, 0.3) is 22.0 Å². The zero-order chi connectivity index (χ0) is 20.6. The molecule has 0 atom stereocenters. The van der Waals surface area contributed by atoms with Gasteiger partial charge in [0.25, 0.3) is 0 Å². The van der Waals surface area contributed by atoms with Gasteiger partial charge >= 0.3 is 0 Å². The van der Waals surface area contributed by atoms with Crippen LogP contribution >= 0.6 is 0 Å². The summed E-state index contributed by atoms with van der Waals surface area (Å²) in [5.74, 6) is -0.0714. The number of sulfone groups is 1. The first-order valence-electron chi connectivity index (χ1n) is 8.94. The van der Waals surface area contributed by atoms with E-state index in [4.69, 9.17) is 4.74 Å². The minimum absolute atomic E-state index is 0.123. The average Bonchev–Trinajstić information content (AvgIpc) is 2.67. The lowest BCUT2D eigenvalue weighted by atomic mass is 9.99. The number of benzene rings is 3. The van der Waals surface area contributed by atoms with Gasteiger partial charge in [-0.1, -0.05) is 30.3 Å². The van der Waals surface area contributed by atoms with Gasteiger partial charge in [0.05, 0.1) is 10.4 Å². The van der Waals surface area contributed by atoms with E-state index in [1.54, 1.807) is 12.3 Å². The highest BCUT2D eigenvalue weighted by Crippen LogP contribution is 2.33. The van der Waals surface area contributed by atoms with Crippen LogP contribution in [0.4, 0.5) is 4.39 Å². The largest absolute Gasteiger partial charge is 0.457 e. The minimum Gasteiger partial charge on any atom is -0.457 e. The highest BCUT2D eigenvalue weighted by Gasteiger charge is 2.12. The second-order valence-corrected chi connectivity index (χ2v) is 8.87.